The largest absolute Gasteiger partial charge is 0.397 e. The summed E-state index contributed by atoms with van der Waals surface area (Å²) in [6.45, 7) is 12.5. The Morgan fingerprint density at radius 2 is 1.77 bits per heavy atom. The van der Waals surface area contributed by atoms with Gasteiger partial charge in [-0.15, -0.1) is 0 Å². The van der Waals surface area contributed by atoms with Crippen molar-refractivity contribution in [3.63, 3.8) is 0 Å². The van der Waals surface area contributed by atoms with Crippen molar-refractivity contribution in [2.24, 2.45) is 0 Å². The first-order chi connectivity index (χ1) is 12.5. The zero-order valence-electron chi connectivity index (χ0n) is 16.4. The van der Waals surface area contributed by atoms with Crippen LogP contribution < -0.4 is 10.6 Å². The van der Waals surface area contributed by atoms with Gasteiger partial charge < -0.3 is 10.6 Å². The summed E-state index contributed by atoms with van der Waals surface area (Å²) in [5.74, 6) is 1.10. The van der Waals surface area contributed by atoms with Crippen LogP contribution in [0.15, 0.2) is 18.3 Å². The summed E-state index contributed by atoms with van der Waals surface area (Å²) in [4.78, 5) is 11.8. The van der Waals surface area contributed by atoms with Gasteiger partial charge in [0.2, 0.25) is 0 Å². The van der Waals surface area contributed by atoms with Gasteiger partial charge in [-0.2, -0.15) is 9.61 Å². The molecule has 138 valence electrons. The zero-order chi connectivity index (χ0) is 18.8. The second-order valence-corrected chi connectivity index (χ2v) is 6.87. The van der Waals surface area contributed by atoms with E-state index in [0.29, 0.717) is 5.69 Å². The normalized spacial score (nSPS) is 11.3. The van der Waals surface area contributed by atoms with Gasteiger partial charge in [-0.1, -0.05) is 13.8 Å². The number of nitrogens with zero attached hydrogens (tertiary/aromatic N) is 5. The molecule has 6 nitrogen and oxygen atoms in total. The summed E-state index contributed by atoms with van der Waals surface area (Å²) < 4.78 is 1.97. The maximum atomic E-state index is 5.88. The SMILES string of the molecule is CCCN(CCC)c1cc(C)nc2c(-c3ncc(N)cc3C)c(C)nn12. The predicted octanol–water partition coefficient (Wildman–Crippen LogP) is 3.93. The maximum absolute atomic E-state index is 5.88. The summed E-state index contributed by atoms with van der Waals surface area (Å²) in [5, 5.41) is 4.82. The van der Waals surface area contributed by atoms with Crippen molar-refractivity contribution in [3.8, 4) is 11.3 Å². The smallest absolute Gasteiger partial charge is 0.167 e. The Hall–Kier alpha value is -2.63. The summed E-state index contributed by atoms with van der Waals surface area (Å²) in [6, 6.07) is 4.07. The highest BCUT2D eigenvalue weighted by atomic mass is 15.4. The number of pyridine rings is 1. The van der Waals surface area contributed by atoms with Crippen LogP contribution in [0.5, 0.6) is 0 Å². The Balaban J connectivity index is 2.26. The molecule has 0 saturated heterocycles. The third-order valence-electron chi connectivity index (χ3n) is 4.52. The van der Waals surface area contributed by atoms with Crippen LogP contribution in [0.25, 0.3) is 16.9 Å². The molecule has 0 aliphatic carbocycles. The van der Waals surface area contributed by atoms with Crippen LogP contribution in [-0.4, -0.2) is 32.7 Å². The maximum Gasteiger partial charge on any atom is 0.167 e. The number of rotatable bonds is 6. The summed E-state index contributed by atoms with van der Waals surface area (Å²) in [5.41, 5.74) is 12.2. The van der Waals surface area contributed by atoms with Gasteiger partial charge in [0.1, 0.15) is 5.82 Å². The summed E-state index contributed by atoms with van der Waals surface area (Å²) >= 11 is 0. The van der Waals surface area contributed by atoms with E-state index in [0.717, 1.165) is 65.6 Å². The van der Waals surface area contributed by atoms with Crippen LogP contribution in [0.2, 0.25) is 0 Å². The number of hydrogen-bond donors (Lipinski definition) is 1. The third kappa shape index (κ3) is 3.23. The first kappa shape index (κ1) is 18.2. The van der Waals surface area contributed by atoms with Gasteiger partial charge in [0.15, 0.2) is 5.65 Å². The molecule has 0 amide bonds. The van der Waals surface area contributed by atoms with Crippen molar-refractivity contribution in [2.75, 3.05) is 23.7 Å². The van der Waals surface area contributed by atoms with E-state index in [1.807, 2.05) is 31.4 Å². The van der Waals surface area contributed by atoms with E-state index in [9.17, 15) is 0 Å². The van der Waals surface area contributed by atoms with Crippen molar-refractivity contribution in [1.82, 2.24) is 19.6 Å². The van der Waals surface area contributed by atoms with Gasteiger partial charge in [0, 0.05) is 24.8 Å². The van der Waals surface area contributed by atoms with E-state index in [4.69, 9.17) is 15.8 Å². The molecular formula is C20H28N6. The average molecular weight is 352 g/mol. The van der Waals surface area contributed by atoms with Crippen LogP contribution in [0.1, 0.15) is 43.6 Å². The zero-order valence-corrected chi connectivity index (χ0v) is 16.4. The topological polar surface area (TPSA) is 72.3 Å². The Morgan fingerprint density at radius 3 is 2.38 bits per heavy atom. The number of aromatic nitrogens is 4. The monoisotopic (exact) mass is 352 g/mol. The Labute approximate surface area is 155 Å². The lowest BCUT2D eigenvalue weighted by molar-refractivity contribution is 0.713. The second kappa shape index (κ2) is 7.32. The minimum atomic E-state index is 0.669. The van der Waals surface area contributed by atoms with Crippen LogP contribution in [-0.2, 0) is 0 Å². The molecule has 3 heterocycles. The number of hydrogen-bond acceptors (Lipinski definition) is 5. The van der Waals surface area contributed by atoms with Crippen LogP contribution >= 0.6 is 0 Å². The Morgan fingerprint density at radius 1 is 1.08 bits per heavy atom. The molecule has 0 fully saturated rings. The average Bonchev–Trinajstić information content (AvgIpc) is 2.90. The van der Waals surface area contributed by atoms with Gasteiger partial charge in [-0.25, -0.2) is 4.98 Å². The highest BCUT2D eigenvalue weighted by Gasteiger charge is 2.20. The molecule has 3 rings (SSSR count). The Kier molecular flexibility index (Phi) is 5.11. The van der Waals surface area contributed by atoms with E-state index in [2.05, 4.69) is 29.8 Å². The molecule has 0 radical (unpaired) electrons. The number of aryl methyl sites for hydroxylation is 3. The molecule has 0 aromatic carbocycles. The van der Waals surface area contributed by atoms with Crippen molar-refractivity contribution < 1.29 is 0 Å². The van der Waals surface area contributed by atoms with Gasteiger partial charge >= 0.3 is 0 Å². The van der Waals surface area contributed by atoms with Crippen LogP contribution in [0.4, 0.5) is 11.5 Å². The molecule has 0 spiro atoms. The van der Waals surface area contributed by atoms with E-state index in [-0.39, 0.29) is 0 Å². The molecule has 3 aromatic rings. The highest BCUT2D eigenvalue weighted by molar-refractivity contribution is 5.81. The summed E-state index contributed by atoms with van der Waals surface area (Å²) in [7, 11) is 0. The molecule has 0 saturated carbocycles. The van der Waals surface area contributed by atoms with Crippen molar-refractivity contribution in [1.29, 1.82) is 0 Å². The molecule has 0 aliphatic heterocycles. The summed E-state index contributed by atoms with van der Waals surface area (Å²) in [6.07, 6.45) is 3.88. The predicted molar refractivity (Wildman–Crippen MR) is 108 cm³/mol. The fourth-order valence-electron chi connectivity index (χ4n) is 3.47. The van der Waals surface area contributed by atoms with E-state index in [1.54, 1.807) is 6.20 Å². The fraction of sp³-hybridized carbons (Fsp3) is 0.450. The van der Waals surface area contributed by atoms with Crippen molar-refractivity contribution in [3.05, 3.63) is 35.3 Å². The number of fused-ring (bicyclic) bond motifs is 1. The molecule has 2 N–H and O–H groups in total. The molecule has 6 heteroatoms. The minimum Gasteiger partial charge on any atom is -0.397 e. The van der Waals surface area contributed by atoms with E-state index >= 15 is 0 Å². The van der Waals surface area contributed by atoms with E-state index in [1.165, 1.54) is 0 Å². The number of nitrogen functional groups attached to an aromatic ring is 1. The minimum absolute atomic E-state index is 0.669. The van der Waals surface area contributed by atoms with Gasteiger partial charge in [-0.05, 0) is 45.2 Å². The fourth-order valence-corrected chi connectivity index (χ4v) is 3.47. The lowest BCUT2D eigenvalue weighted by Crippen LogP contribution is -2.27. The molecule has 3 aromatic heterocycles. The van der Waals surface area contributed by atoms with Gasteiger partial charge in [0.05, 0.1) is 28.8 Å². The van der Waals surface area contributed by atoms with Crippen LogP contribution in [0.3, 0.4) is 0 Å². The quantitative estimate of drug-likeness (QED) is 0.728. The third-order valence-corrected chi connectivity index (χ3v) is 4.52. The van der Waals surface area contributed by atoms with E-state index < -0.39 is 0 Å². The molecular weight excluding hydrogens is 324 g/mol. The first-order valence-corrected chi connectivity index (χ1v) is 9.30. The number of anilines is 2. The molecule has 0 unspecified atom stereocenters. The lowest BCUT2D eigenvalue weighted by atomic mass is 10.1. The first-order valence-electron chi connectivity index (χ1n) is 9.30. The Bertz CT molecular complexity index is 922. The molecule has 0 aliphatic rings. The molecule has 0 bridgehead atoms. The standard InChI is InChI=1S/C20H28N6/c1-6-8-25(9-7-2)17-11-14(4)23-20-18(15(5)24-26(17)20)19-13(3)10-16(21)12-22-19/h10-12H,6-9,21H2,1-5H3. The molecule has 0 atom stereocenters. The van der Waals surface area contributed by atoms with Gasteiger partial charge in [0.25, 0.3) is 0 Å². The lowest BCUT2D eigenvalue weighted by Gasteiger charge is -2.24. The molecule has 26 heavy (non-hydrogen) atoms. The van der Waals surface area contributed by atoms with Gasteiger partial charge in [-0.3, -0.25) is 4.98 Å². The highest BCUT2D eigenvalue weighted by Crippen LogP contribution is 2.31. The second-order valence-electron chi connectivity index (χ2n) is 6.87. The number of nitrogens with two attached hydrogens (primary N) is 1. The van der Waals surface area contributed by atoms with Crippen molar-refractivity contribution >= 4 is 17.2 Å². The van der Waals surface area contributed by atoms with Crippen molar-refractivity contribution in [2.45, 2.75) is 47.5 Å². The van der Waals surface area contributed by atoms with Crippen LogP contribution in [0, 0.1) is 20.8 Å².